The van der Waals surface area contributed by atoms with Gasteiger partial charge in [-0.15, -0.1) is 11.3 Å². The van der Waals surface area contributed by atoms with Gasteiger partial charge in [0, 0.05) is 10.4 Å². The van der Waals surface area contributed by atoms with Crippen LogP contribution in [0.3, 0.4) is 0 Å². The van der Waals surface area contributed by atoms with Crippen LogP contribution < -0.4 is 4.74 Å². The molecule has 2 atom stereocenters. The summed E-state index contributed by atoms with van der Waals surface area (Å²) in [5, 5.41) is 0.421. The van der Waals surface area contributed by atoms with Crippen LogP contribution >= 0.6 is 22.9 Å². The lowest BCUT2D eigenvalue weighted by molar-refractivity contribution is 0.104. The zero-order valence-corrected chi connectivity index (χ0v) is 19.0. The van der Waals surface area contributed by atoms with E-state index in [0.29, 0.717) is 28.2 Å². The summed E-state index contributed by atoms with van der Waals surface area (Å²) in [6, 6.07) is 17.9. The van der Waals surface area contributed by atoms with Crippen molar-refractivity contribution in [3.05, 3.63) is 91.6 Å². The minimum absolute atomic E-state index is 0.0291. The Morgan fingerprint density at radius 2 is 1.93 bits per heavy atom. The van der Waals surface area contributed by atoms with Crippen LogP contribution in [-0.4, -0.2) is 12.9 Å². The van der Waals surface area contributed by atoms with Crippen molar-refractivity contribution in [2.45, 2.75) is 32.6 Å². The molecule has 0 amide bonds. The summed E-state index contributed by atoms with van der Waals surface area (Å²) in [5.74, 6) is 1.51. The molecule has 4 rings (SSSR count). The number of carbonyl (C=O) groups is 1. The van der Waals surface area contributed by atoms with Crippen molar-refractivity contribution in [1.29, 1.82) is 0 Å². The second-order valence-corrected chi connectivity index (χ2v) is 9.53. The Balaban J connectivity index is 1.66. The Morgan fingerprint density at radius 1 is 1.17 bits per heavy atom. The summed E-state index contributed by atoms with van der Waals surface area (Å²) < 4.78 is 5.20. The maximum atomic E-state index is 13.2. The summed E-state index contributed by atoms with van der Waals surface area (Å²) in [7, 11) is 1.59. The molecule has 0 bridgehead atoms. The molecule has 4 heteroatoms. The Bertz CT molecular complexity index is 1100. The second kappa shape index (κ2) is 8.79. The van der Waals surface area contributed by atoms with Gasteiger partial charge in [0.2, 0.25) is 5.78 Å². The first-order chi connectivity index (χ1) is 14.5. The normalized spacial score (nSPS) is 18.3. The van der Waals surface area contributed by atoms with Gasteiger partial charge in [-0.1, -0.05) is 60.5 Å². The van der Waals surface area contributed by atoms with Gasteiger partial charge in [-0.25, -0.2) is 0 Å². The van der Waals surface area contributed by atoms with Crippen molar-refractivity contribution in [1.82, 2.24) is 0 Å². The van der Waals surface area contributed by atoms with Crippen LogP contribution in [0, 0.1) is 5.92 Å². The number of carbonyl (C=O) groups excluding carboxylic acids is 1. The first-order valence-electron chi connectivity index (χ1n) is 10.2. The third-order valence-electron chi connectivity index (χ3n) is 5.88. The molecule has 2 aromatic carbocycles. The van der Waals surface area contributed by atoms with E-state index in [1.807, 2.05) is 6.07 Å². The minimum Gasteiger partial charge on any atom is -0.497 e. The highest BCUT2D eigenvalue weighted by Crippen LogP contribution is 2.42. The Kier molecular flexibility index (Phi) is 6.12. The van der Waals surface area contributed by atoms with Gasteiger partial charge in [-0.05, 0) is 67.0 Å². The SMILES string of the molecule is COc1ccc(C(=O)c2cc3c(s2)C(C)C(Cc2ccccc2)CC(C)=C3)c(Cl)c1. The Hall–Kier alpha value is -2.36. The Labute approximate surface area is 187 Å². The topological polar surface area (TPSA) is 26.3 Å². The molecule has 2 nitrogen and oxygen atoms in total. The van der Waals surface area contributed by atoms with Gasteiger partial charge in [0.1, 0.15) is 5.75 Å². The van der Waals surface area contributed by atoms with Crippen LogP contribution in [0.5, 0.6) is 5.75 Å². The number of rotatable bonds is 5. The fourth-order valence-electron chi connectivity index (χ4n) is 4.23. The third-order valence-corrected chi connectivity index (χ3v) is 7.55. The zero-order valence-electron chi connectivity index (χ0n) is 17.4. The summed E-state index contributed by atoms with van der Waals surface area (Å²) in [5.41, 5.74) is 4.42. The number of methoxy groups -OCH3 is 1. The molecule has 1 aliphatic carbocycles. The number of halogens is 1. The molecule has 0 N–H and O–H groups in total. The van der Waals surface area contributed by atoms with E-state index in [9.17, 15) is 4.79 Å². The van der Waals surface area contributed by atoms with Gasteiger partial charge in [-0.2, -0.15) is 0 Å². The van der Waals surface area contributed by atoms with Crippen LogP contribution in [-0.2, 0) is 6.42 Å². The highest BCUT2D eigenvalue weighted by molar-refractivity contribution is 7.14. The highest BCUT2D eigenvalue weighted by Gasteiger charge is 2.28. The number of ether oxygens (including phenoxy) is 1. The molecular weight excluding hydrogens is 412 g/mol. The van der Waals surface area contributed by atoms with Crippen LogP contribution in [0.4, 0.5) is 0 Å². The van der Waals surface area contributed by atoms with Gasteiger partial charge in [0.05, 0.1) is 17.0 Å². The maximum absolute atomic E-state index is 13.2. The quantitative estimate of drug-likeness (QED) is 0.389. The predicted octanol–water partition coefficient (Wildman–Crippen LogP) is 7.41. The number of ketones is 1. The standard InChI is InChI=1S/C26H25ClO2S/c1-16-11-19(13-18-7-5-4-6-8-18)17(2)26-20(12-16)14-24(30-26)25(28)22-10-9-21(29-3)15-23(22)27/h4-10,12,14-15,17,19H,11,13H2,1-3H3. The lowest BCUT2D eigenvalue weighted by Crippen LogP contribution is -2.12. The monoisotopic (exact) mass is 436 g/mol. The van der Waals surface area contributed by atoms with E-state index in [2.05, 4.69) is 50.3 Å². The molecule has 0 aliphatic heterocycles. The molecule has 1 aromatic heterocycles. The van der Waals surface area contributed by atoms with Crippen LogP contribution in [0.1, 0.15) is 57.4 Å². The van der Waals surface area contributed by atoms with Crippen molar-refractivity contribution in [2.24, 2.45) is 5.92 Å². The molecule has 154 valence electrons. The fourth-order valence-corrected chi connectivity index (χ4v) is 5.73. The lowest BCUT2D eigenvalue weighted by atomic mass is 9.84. The van der Waals surface area contributed by atoms with E-state index in [-0.39, 0.29) is 5.78 Å². The first-order valence-corrected chi connectivity index (χ1v) is 11.4. The average molecular weight is 437 g/mol. The van der Waals surface area contributed by atoms with Crippen LogP contribution in [0.25, 0.3) is 6.08 Å². The molecule has 0 radical (unpaired) electrons. The lowest BCUT2D eigenvalue weighted by Gasteiger charge is -2.22. The molecule has 0 spiro atoms. The van der Waals surface area contributed by atoms with E-state index in [1.165, 1.54) is 21.6 Å². The molecule has 2 unspecified atom stereocenters. The van der Waals surface area contributed by atoms with Gasteiger partial charge < -0.3 is 4.74 Å². The molecule has 30 heavy (non-hydrogen) atoms. The molecule has 0 fully saturated rings. The molecule has 3 aromatic rings. The largest absolute Gasteiger partial charge is 0.497 e. The van der Waals surface area contributed by atoms with Crippen molar-refractivity contribution in [3.63, 3.8) is 0 Å². The van der Waals surface area contributed by atoms with E-state index < -0.39 is 0 Å². The summed E-state index contributed by atoms with van der Waals surface area (Å²) >= 11 is 7.97. The number of fused-ring (bicyclic) bond motifs is 1. The predicted molar refractivity (Wildman–Crippen MR) is 126 cm³/mol. The number of hydrogen-bond donors (Lipinski definition) is 0. The summed E-state index contributed by atoms with van der Waals surface area (Å²) in [4.78, 5) is 15.2. The van der Waals surface area contributed by atoms with E-state index in [1.54, 1.807) is 36.6 Å². The summed E-state index contributed by atoms with van der Waals surface area (Å²) in [6.45, 7) is 4.49. The average Bonchev–Trinajstić information content (AvgIpc) is 3.12. The van der Waals surface area contributed by atoms with Gasteiger partial charge in [-0.3, -0.25) is 4.79 Å². The van der Waals surface area contributed by atoms with Gasteiger partial charge in [0.15, 0.2) is 0 Å². The molecule has 1 heterocycles. The summed E-state index contributed by atoms with van der Waals surface area (Å²) in [6.07, 6.45) is 4.36. The van der Waals surface area contributed by atoms with Crippen molar-refractivity contribution in [2.75, 3.05) is 7.11 Å². The van der Waals surface area contributed by atoms with E-state index in [4.69, 9.17) is 16.3 Å². The number of benzene rings is 2. The maximum Gasteiger partial charge on any atom is 0.204 e. The fraction of sp³-hybridized carbons (Fsp3) is 0.269. The van der Waals surface area contributed by atoms with Crippen molar-refractivity contribution in [3.8, 4) is 5.75 Å². The number of hydrogen-bond acceptors (Lipinski definition) is 3. The zero-order chi connectivity index (χ0) is 21.3. The van der Waals surface area contributed by atoms with Gasteiger partial charge >= 0.3 is 0 Å². The number of allylic oxidation sites excluding steroid dienone is 1. The third kappa shape index (κ3) is 4.23. The highest BCUT2D eigenvalue weighted by atomic mass is 35.5. The van der Waals surface area contributed by atoms with Crippen molar-refractivity contribution < 1.29 is 9.53 Å². The first kappa shape index (κ1) is 20.9. The molecule has 1 aliphatic rings. The smallest absolute Gasteiger partial charge is 0.204 e. The minimum atomic E-state index is -0.0291. The molecule has 0 saturated carbocycles. The molecular formula is C26H25ClO2S. The molecule has 0 saturated heterocycles. The van der Waals surface area contributed by atoms with Gasteiger partial charge in [0.25, 0.3) is 0 Å². The van der Waals surface area contributed by atoms with E-state index >= 15 is 0 Å². The van der Waals surface area contributed by atoms with E-state index in [0.717, 1.165) is 17.7 Å². The number of thiophene rings is 1. The van der Waals surface area contributed by atoms with Crippen molar-refractivity contribution >= 4 is 34.8 Å². The Morgan fingerprint density at radius 3 is 2.63 bits per heavy atom. The van der Waals surface area contributed by atoms with Crippen LogP contribution in [0.2, 0.25) is 5.02 Å². The van der Waals surface area contributed by atoms with Crippen LogP contribution in [0.15, 0.2) is 60.2 Å². The second-order valence-electron chi connectivity index (χ2n) is 8.04.